The number of hydrogen-bond acceptors (Lipinski definition) is 3. The van der Waals surface area contributed by atoms with E-state index in [0.29, 0.717) is 6.42 Å². The van der Waals surface area contributed by atoms with Crippen LogP contribution in [0.1, 0.15) is 58.3 Å². The first kappa shape index (κ1) is 22.9. The Bertz CT molecular complexity index is 480. The first-order valence-electron chi connectivity index (χ1n) is 9.05. The van der Waals surface area contributed by atoms with Crippen molar-refractivity contribution in [3.05, 3.63) is 72.9 Å². The van der Waals surface area contributed by atoms with E-state index in [4.69, 9.17) is 5.26 Å². The predicted molar refractivity (Wildman–Crippen MR) is 106 cm³/mol. The Morgan fingerprint density at radius 1 is 0.680 bits per heavy atom. The molecule has 0 aromatic rings. The summed E-state index contributed by atoms with van der Waals surface area (Å²) in [5.41, 5.74) is 0. The van der Waals surface area contributed by atoms with Crippen molar-refractivity contribution in [2.75, 3.05) is 0 Å². The standard InChI is InChI=1S/C22H32O3/c1-2-3-4-5-6-7-8-9-10-11-12-13-14-15-16-17-18-19-20-21-22(23)25-24/h3-4,6-7,9-10,12-13,15-16,18-19,24H,2,5,8,11,14,17,20-21H2,1H3/b4-3-,7-6-,10-9-,13-12-,16-15-,19-18-. The molecule has 0 aliphatic heterocycles. The Morgan fingerprint density at radius 2 is 1.04 bits per heavy atom. The van der Waals surface area contributed by atoms with Crippen LogP contribution in [-0.4, -0.2) is 11.2 Å². The van der Waals surface area contributed by atoms with Gasteiger partial charge in [-0.3, -0.25) is 0 Å². The van der Waals surface area contributed by atoms with Crippen LogP contribution in [0.15, 0.2) is 72.9 Å². The van der Waals surface area contributed by atoms with Gasteiger partial charge in [-0.25, -0.2) is 4.79 Å². The number of carbonyl (C=O) groups excluding carboxylic acids is 1. The summed E-state index contributed by atoms with van der Waals surface area (Å²) in [6.07, 6.45) is 32.3. The minimum absolute atomic E-state index is 0.207. The van der Waals surface area contributed by atoms with Crippen molar-refractivity contribution in [1.82, 2.24) is 0 Å². The van der Waals surface area contributed by atoms with Crippen LogP contribution in [0.5, 0.6) is 0 Å². The molecule has 0 fully saturated rings. The van der Waals surface area contributed by atoms with E-state index < -0.39 is 5.97 Å². The summed E-state index contributed by atoms with van der Waals surface area (Å²) in [4.78, 5) is 14.2. The van der Waals surface area contributed by atoms with Crippen molar-refractivity contribution in [2.45, 2.75) is 58.3 Å². The van der Waals surface area contributed by atoms with E-state index in [9.17, 15) is 4.79 Å². The van der Waals surface area contributed by atoms with Crippen LogP contribution in [-0.2, 0) is 9.68 Å². The van der Waals surface area contributed by atoms with E-state index in [0.717, 1.165) is 38.5 Å². The Hall–Kier alpha value is -2.13. The lowest BCUT2D eigenvalue weighted by molar-refractivity contribution is -0.234. The molecular weight excluding hydrogens is 312 g/mol. The van der Waals surface area contributed by atoms with E-state index in [1.54, 1.807) is 0 Å². The minimum atomic E-state index is -0.598. The van der Waals surface area contributed by atoms with Crippen LogP contribution in [0, 0.1) is 0 Å². The molecule has 3 heteroatoms. The Labute approximate surface area is 152 Å². The first-order valence-corrected chi connectivity index (χ1v) is 9.05. The molecule has 0 amide bonds. The summed E-state index contributed by atoms with van der Waals surface area (Å²) in [5.74, 6) is -0.598. The van der Waals surface area contributed by atoms with Gasteiger partial charge in [-0.2, -0.15) is 5.26 Å². The molecule has 0 heterocycles. The maximum absolute atomic E-state index is 10.7. The Morgan fingerprint density at radius 3 is 1.40 bits per heavy atom. The van der Waals surface area contributed by atoms with Crippen molar-refractivity contribution in [2.24, 2.45) is 0 Å². The van der Waals surface area contributed by atoms with Crippen molar-refractivity contribution in [1.29, 1.82) is 0 Å². The monoisotopic (exact) mass is 344 g/mol. The lowest BCUT2D eigenvalue weighted by atomic mass is 10.2. The zero-order valence-corrected chi connectivity index (χ0v) is 15.3. The van der Waals surface area contributed by atoms with Gasteiger partial charge in [0, 0.05) is 0 Å². The quantitative estimate of drug-likeness (QED) is 0.223. The Balaban J connectivity index is 3.53. The maximum Gasteiger partial charge on any atom is 0.342 e. The van der Waals surface area contributed by atoms with Crippen LogP contribution in [0.3, 0.4) is 0 Å². The second kappa shape index (κ2) is 19.9. The maximum atomic E-state index is 10.7. The van der Waals surface area contributed by atoms with Crippen LogP contribution in [0.2, 0.25) is 0 Å². The van der Waals surface area contributed by atoms with Crippen molar-refractivity contribution < 1.29 is 14.9 Å². The van der Waals surface area contributed by atoms with Crippen LogP contribution in [0.25, 0.3) is 0 Å². The third kappa shape index (κ3) is 19.8. The summed E-state index contributed by atoms with van der Waals surface area (Å²) >= 11 is 0. The second-order valence-electron chi connectivity index (χ2n) is 5.42. The molecule has 0 rings (SSSR count). The molecule has 0 atom stereocenters. The molecule has 0 saturated carbocycles. The summed E-state index contributed by atoms with van der Waals surface area (Å²) in [6, 6.07) is 0. The highest BCUT2D eigenvalue weighted by Gasteiger charge is 1.97. The molecule has 0 saturated heterocycles. The van der Waals surface area contributed by atoms with E-state index in [1.807, 2.05) is 12.2 Å². The fourth-order valence-electron chi connectivity index (χ4n) is 1.89. The van der Waals surface area contributed by atoms with E-state index in [2.05, 4.69) is 72.6 Å². The van der Waals surface area contributed by atoms with Crippen LogP contribution < -0.4 is 0 Å². The highest BCUT2D eigenvalue weighted by Crippen LogP contribution is 1.98. The third-order valence-corrected chi connectivity index (χ3v) is 3.21. The fraction of sp³-hybridized carbons (Fsp3) is 0.409. The number of allylic oxidation sites excluding steroid dienone is 12. The molecular formula is C22H32O3. The average molecular weight is 344 g/mol. The molecule has 0 aliphatic carbocycles. The van der Waals surface area contributed by atoms with Crippen molar-refractivity contribution >= 4 is 5.97 Å². The van der Waals surface area contributed by atoms with Gasteiger partial charge in [0.25, 0.3) is 0 Å². The predicted octanol–water partition coefficient (Wildman–Crippen LogP) is 6.48. The minimum Gasteiger partial charge on any atom is -0.301 e. The molecule has 0 aromatic heterocycles. The van der Waals surface area contributed by atoms with Gasteiger partial charge in [-0.1, -0.05) is 79.8 Å². The molecule has 0 aliphatic rings. The Kier molecular flexibility index (Phi) is 18.2. The normalized spacial score (nSPS) is 12.9. The first-order chi connectivity index (χ1) is 12.3. The highest BCUT2D eigenvalue weighted by molar-refractivity contribution is 5.68. The lowest BCUT2D eigenvalue weighted by Crippen LogP contribution is -1.98. The molecule has 0 unspecified atom stereocenters. The molecule has 3 nitrogen and oxygen atoms in total. The smallest absolute Gasteiger partial charge is 0.301 e. The summed E-state index contributed by atoms with van der Waals surface area (Å²) in [7, 11) is 0. The largest absolute Gasteiger partial charge is 0.342 e. The van der Waals surface area contributed by atoms with Gasteiger partial charge in [0.2, 0.25) is 0 Å². The fourth-order valence-corrected chi connectivity index (χ4v) is 1.89. The number of hydrogen-bond donors (Lipinski definition) is 1. The van der Waals surface area contributed by atoms with Gasteiger partial charge in [-0.15, -0.1) is 0 Å². The number of carbonyl (C=O) groups is 1. The molecule has 25 heavy (non-hydrogen) atoms. The molecule has 0 spiro atoms. The van der Waals surface area contributed by atoms with Crippen LogP contribution >= 0.6 is 0 Å². The second-order valence-corrected chi connectivity index (χ2v) is 5.42. The molecule has 0 radical (unpaired) electrons. The number of rotatable bonds is 14. The average Bonchev–Trinajstić information content (AvgIpc) is 2.63. The van der Waals surface area contributed by atoms with Gasteiger partial charge < -0.3 is 4.89 Å². The highest BCUT2D eigenvalue weighted by atomic mass is 17.1. The zero-order valence-electron chi connectivity index (χ0n) is 15.3. The topological polar surface area (TPSA) is 46.5 Å². The summed E-state index contributed by atoms with van der Waals surface area (Å²) in [6.45, 7) is 2.15. The summed E-state index contributed by atoms with van der Waals surface area (Å²) in [5, 5.41) is 8.09. The van der Waals surface area contributed by atoms with Gasteiger partial charge in [0.05, 0.1) is 6.42 Å². The van der Waals surface area contributed by atoms with E-state index >= 15 is 0 Å². The van der Waals surface area contributed by atoms with Gasteiger partial charge in [0.1, 0.15) is 0 Å². The van der Waals surface area contributed by atoms with Gasteiger partial charge in [-0.05, 0) is 44.9 Å². The van der Waals surface area contributed by atoms with Crippen LogP contribution in [0.4, 0.5) is 0 Å². The molecule has 0 bridgehead atoms. The molecule has 138 valence electrons. The zero-order chi connectivity index (χ0) is 18.4. The van der Waals surface area contributed by atoms with Crippen molar-refractivity contribution in [3.8, 4) is 0 Å². The molecule has 1 N–H and O–H groups in total. The van der Waals surface area contributed by atoms with E-state index in [1.165, 1.54) is 0 Å². The summed E-state index contributed by atoms with van der Waals surface area (Å²) < 4.78 is 0. The SMILES string of the molecule is CC/C=C\C/C=C\C/C=C\C/C=C\C/C=C\C/C=C\CCC(=O)OO. The van der Waals surface area contributed by atoms with Gasteiger partial charge in [0.15, 0.2) is 0 Å². The molecule has 0 aromatic carbocycles. The van der Waals surface area contributed by atoms with E-state index in [-0.39, 0.29) is 6.42 Å². The van der Waals surface area contributed by atoms with Gasteiger partial charge >= 0.3 is 5.97 Å². The van der Waals surface area contributed by atoms with Crippen molar-refractivity contribution in [3.63, 3.8) is 0 Å². The lowest BCUT2D eigenvalue weighted by Gasteiger charge is -1.90. The third-order valence-electron chi connectivity index (χ3n) is 3.21.